The number of rotatable bonds is 50. The molecule has 10 heteroatoms. The molecule has 67 heavy (non-hydrogen) atoms. The van der Waals surface area contributed by atoms with Crippen molar-refractivity contribution in [1.29, 1.82) is 0 Å². The monoisotopic (exact) mass is 954 g/mol. The number of nitrogens with one attached hydrogen (secondary N) is 1. The normalized spacial score (nSPS) is 20.1. The first-order chi connectivity index (χ1) is 32.8. The average Bonchev–Trinajstić information content (AvgIpc) is 3.33. The first kappa shape index (κ1) is 63.9. The summed E-state index contributed by atoms with van der Waals surface area (Å²) in [4.78, 5) is 13.1. The van der Waals surface area contributed by atoms with Crippen molar-refractivity contribution in [3.8, 4) is 0 Å². The van der Waals surface area contributed by atoms with E-state index >= 15 is 0 Å². The molecule has 0 radical (unpaired) electrons. The molecule has 0 spiro atoms. The molecule has 1 rings (SSSR count). The summed E-state index contributed by atoms with van der Waals surface area (Å²) in [5.41, 5.74) is 0. The molecule has 0 aliphatic carbocycles. The largest absolute Gasteiger partial charge is 0.394 e. The number of aliphatic hydroxyl groups excluding tert-OH is 6. The second-order valence-electron chi connectivity index (χ2n) is 20.6. The van der Waals surface area contributed by atoms with E-state index in [1.807, 2.05) is 0 Å². The zero-order valence-electron chi connectivity index (χ0n) is 43.8. The van der Waals surface area contributed by atoms with Crippen molar-refractivity contribution in [2.75, 3.05) is 13.2 Å². The van der Waals surface area contributed by atoms with Crippen LogP contribution in [0.2, 0.25) is 0 Å². The van der Waals surface area contributed by atoms with E-state index in [2.05, 4.69) is 31.3 Å². The predicted molar refractivity (Wildman–Crippen MR) is 278 cm³/mol. The minimum Gasteiger partial charge on any atom is -0.394 e. The Morgan fingerprint density at radius 1 is 0.493 bits per heavy atom. The van der Waals surface area contributed by atoms with Crippen LogP contribution < -0.4 is 5.32 Å². The van der Waals surface area contributed by atoms with Crippen LogP contribution in [-0.4, -0.2) is 98.7 Å². The van der Waals surface area contributed by atoms with Gasteiger partial charge in [-0.25, -0.2) is 0 Å². The number of amides is 1. The Balaban J connectivity index is 2.22. The fourth-order valence-electron chi connectivity index (χ4n) is 9.52. The zero-order chi connectivity index (χ0) is 48.8. The van der Waals surface area contributed by atoms with Crippen molar-refractivity contribution in [2.24, 2.45) is 0 Å². The lowest BCUT2D eigenvalue weighted by atomic mass is 9.99. The van der Waals surface area contributed by atoms with Gasteiger partial charge in [0.25, 0.3) is 0 Å². The molecule has 0 bridgehead atoms. The molecular weight excluding hydrogens is 843 g/mol. The van der Waals surface area contributed by atoms with Crippen LogP contribution in [0.3, 0.4) is 0 Å². The van der Waals surface area contributed by atoms with E-state index in [4.69, 9.17) is 9.47 Å². The van der Waals surface area contributed by atoms with Gasteiger partial charge in [0.2, 0.25) is 5.91 Å². The summed E-state index contributed by atoms with van der Waals surface area (Å²) in [6.45, 7) is 3.71. The maximum absolute atomic E-state index is 13.1. The summed E-state index contributed by atoms with van der Waals surface area (Å²) < 4.78 is 11.2. The molecule has 1 aliphatic rings. The number of hydrogen-bond donors (Lipinski definition) is 7. The fourth-order valence-corrected chi connectivity index (χ4v) is 9.52. The van der Waals surface area contributed by atoms with Gasteiger partial charge < -0.3 is 45.4 Å². The standard InChI is InChI=1S/C57H111NO9/c1-3-5-7-9-11-13-15-17-19-21-22-23-24-25-26-27-28-29-30-32-34-36-38-40-42-44-46-51(61)56(65)58-49(48-66-57-55(64)54(63)53(62)52(47-59)67-57)50(60)45-43-41-39-37-35-33-31-20-18-16-14-12-10-8-6-4-2/h25-26,49-55,57,59-64H,3-24,27-48H2,1-2H3,(H,58,65)/b26-25-. The molecule has 0 aromatic heterocycles. The van der Waals surface area contributed by atoms with Crippen LogP contribution in [0.15, 0.2) is 12.2 Å². The van der Waals surface area contributed by atoms with Gasteiger partial charge in [0.15, 0.2) is 6.29 Å². The van der Waals surface area contributed by atoms with Crippen LogP contribution in [0.5, 0.6) is 0 Å². The molecule has 10 nitrogen and oxygen atoms in total. The third-order valence-electron chi connectivity index (χ3n) is 14.2. The smallest absolute Gasteiger partial charge is 0.249 e. The lowest BCUT2D eigenvalue weighted by Gasteiger charge is -2.40. The maximum atomic E-state index is 13.1. The van der Waals surface area contributed by atoms with Crippen LogP contribution in [0.4, 0.5) is 0 Å². The SMILES string of the molecule is CCCCCCCCCCCCCC/C=C\CCCCCCCCCCCCC(O)C(=O)NC(COC1OC(CO)C(O)C(O)C1O)C(O)CCCCCCCCCCCCCCCCCC. The van der Waals surface area contributed by atoms with Crippen LogP contribution in [0.1, 0.15) is 284 Å². The molecule has 8 atom stereocenters. The Morgan fingerprint density at radius 3 is 1.21 bits per heavy atom. The van der Waals surface area contributed by atoms with Gasteiger partial charge in [0, 0.05) is 0 Å². The van der Waals surface area contributed by atoms with Crippen molar-refractivity contribution in [1.82, 2.24) is 5.32 Å². The number of carbonyl (C=O) groups is 1. The number of unbranched alkanes of at least 4 members (excludes halogenated alkanes) is 37. The minimum atomic E-state index is -1.60. The summed E-state index contributed by atoms with van der Waals surface area (Å²) >= 11 is 0. The van der Waals surface area contributed by atoms with Crippen LogP contribution in [0.25, 0.3) is 0 Å². The van der Waals surface area contributed by atoms with Gasteiger partial charge in [-0.1, -0.05) is 257 Å². The van der Waals surface area contributed by atoms with Crippen LogP contribution >= 0.6 is 0 Å². The molecule has 398 valence electrons. The molecule has 1 saturated heterocycles. The molecule has 1 heterocycles. The second kappa shape index (κ2) is 47.2. The highest BCUT2D eigenvalue weighted by molar-refractivity contribution is 5.80. The number of aliphatic hydroxyl groups is 6. The fraction of sp³-hybridized carbons (Fsp3) is 0.947. The molecule has 8 unspecified atom stereocenters. The van der Waals surface area contributed by atoms with Gasteiger partial charge >= 0.3 is 0 Å². The van der Waals surface area contributed by atoms with E-state index in [1.54, 1.807) is 0 Å². The molecular formula is C57H111NO9. The predicted octanol–water partition coefficient (Wildman–Crippen LogP) is 13.0. The molecule has 7 N–H and O–H groups in total. The zero-order valence-corrected chi connectivity index (χ0v) is 43.8. The van der Waals surface area contributed by atoms with Crippen molar-refractivity contribution in [3.63, 3.8) is 0 Å². The molecule has 1 aliphatic heterocycles. The summed E-state index contributed by atoms with van der Waals surface area (Å²) in [5, 5.41) is 65.2. The first-order valence-corrected chi connectivity index (χ1v) is 29.0. The highest BCUT2D eigenvalue weighted by Gasteiger charge is 2.44. The quantitative estimate of drug-likeness (QED) is 0.0232. The van der Waals surface area contributed by atoms with Gasteiger partial charge in [-0.15, -0.1) is 0 Å². The lowest BCUT2D eigenvalue weighted by Crippen LogP contribution is -2.60. The van der Waals surface area contributed by atoms with E-state index < -0.39 is 61.5 Å². The van der Waals surface area contributed by atoms with Gasteiger partial charge in [-0.05, 0) is 38.5 Å². The highest BCUT2D eigenvalue weighted by Crippen LogP contribution is 2.23. The third-order valence-corrected chi connectivity index (χ3v) is 14.2. The van der Waals surface area contributed by atoms with Crippen molar-refractivity contribution in [3.05, 3.63) is 12.2 Å². The summed E-state index contributed by atoms with van der Waals surface area (Å²) in [7, 11) is 0. The Morgan fingerprint density at radius 2 is 0.836 bits per heavy atom. The highest BCUT2D eigenvalue weighted by atomic mass is 16.7. The number of allylic oxidation sites excluding steroid dienone is 2. The molecule has 1 fully saturated rings. The Labute approximate surface area is 412 Å². The van der Waals surface area contributed by atoms with E-state index in [9.17, 15) is 35.4 Å². The van der Waals surface area contributed by atoms with Crippen molar-refractivity contribution < 1.29 is 44.9 Å². The topological polar surface area (TPSA) is 169 Å². The first-order valence-electron chi connectivity index (χ1n) is 29.0. The van der Waals surface area contributed by atoms with Gasteiger partial charge in [0.1, 0.15) is 30.5 Å². The van der Waals surface area contributed by atoms with E-state index in [0.717, 1.165) is 51.4 Å². The molecule has 0 aromatic rings. The summed E-state index contributed by atoms with van der Waals surface area (Å²) in [6.07, 6.45) is 47.0. The van der Waals surface area contributed by atoms with Crippen molar-refractivity contribution >= 4 is 5.91 Å². The molecule has 0 saturated carbocycles. The Hall–Kier alpha value is -1.11. The van der Waals surface area contributed by atoms with E-state index in [1.165, 1.54) is 205 Å². The lowest BCUT2D eigenvalue weighted by molar-refractivity contribution is -0.302. The number of ether oxygens (including phenoxy) is 2. The summed E-state index contributed by atoms with van der Waals surface area (Å²) in [6, 6.07) is -0.892. The van der Waals surface area contributed by atoms with Crippen LogP contribution in [0, 0.1) is 0 Å². The van der Waals surface area contributed by atoms with Crippen molar-refractivity contribution in [2.45, 2.75) is 332 Å². The van der Waals surface area contributed by atoms with Gasteiger partial charge in [0.05, 0.1) is 25.4 Å². The maximum Gasteiger partial charge on any atom is 0.249 e. The minimum absolute atomic E-state index is 0.252. The average molecular weight is 955 g/mol. The molecule has 0 aromatic carbocycles. The molecule has 1 amide bonds. The van der Waals surface area contributed by atoms with Gasteiger partial charge in [-0.2, -0.15) is 0 Å². The number of carbonyl (C=O) groups excluding carboxylic acids is 1. The second-order valence-corrected chi connectivity index (χ2v) is 20.6. The summed E-state index contributed by atoms with van der Waals surface area (Å²) in [5.74, 6) is -0.580. The van der Waals surface area contributed by atoms with Crippen LogP contribution in [-0.2, 0) is 14.3 Å². The van der Waals surface area contributed by atoms with E-state index in [-0.39, 0.29) is 6.61 Å². The Kier molecular flexibility index (Phi) is 45.0. The number of hydrogen-bond acceptors (Lipinski definition) is 9. The Bertz CT molecular complexity index is 1080. The third kappa shape index (κ3) is 36.5. The van der Waals surface area contributed by atoms with E-state index in [0.29, 0.717) is 12.8 Å². The van der Waals surface area contributed by atoms with Gasteiger partial charge in [-0.3, -0.25) is 4.79 Å².